The third-order valence-corrected chi connectivity index (χ3v) is 6.17. The molecule has 1 heterocycles. The maximum Gasteiger partial charge on any atom is 0.0779 e. The van der Waals surface area contributed by atoms with Gasteiger partial charge in [-0.2, -0.15) is 0 Å². The van der Waals surface area contributed by atoms with Crippen LogP contribution in [0, 0.1) is 0 Å². The minimum absolute atomic E-state index is 0. The Morgan fingerprint density at radius 1 is 1.04 bits per heavy atom. The number of hydrogen-bond acceptors (Lipinski definition) is 3. The molecule has 6 heteroatoms. The summed E-state index contributed by atoms with van der Waals surface area (Å²) in [6, 6.07) is 15.5. The van der Waals surface area contributed by atoms with Gasteiger partial charge < -0.3 is 9.47 Å². The van der Waals surface area contributed by atoms with Gasteiger partial charge in [-0.3, -0.25) is 4.90 Å². The minimum atomic E-state index is 0. The smallest absolute Gasteiger partial charge is 0.0779 e. The van der Waals surface area contributed by atoms with E-state index in [-0.39, 0.29) is 18.5 Å². The van der Waals surface area contributed by atoms with Gasteiger partial charge in [-0.25, -0.2) is 0 Å². The van der Waals surface area contributed by atoms with Crippen LogP contribution < -0.4 is 0 Å². The molecule has 0 radical (unpaired) electrons. The fourth-order valence-electron chi connectivity index (χ4n) is 4.07. The predicted octanol–water partition coefficient (Wildman–Crippen LogP) is 5.54. The predicted molar refractivity (Wildman–Crippen MR) is 118 cm³/mol. The molecule has 27 heavy (non-hydrogen) atoms. The largest absolute Gasteiger partial charge is 0.379 e. The number of halogens is 3. The van der Waals surface area contributed by atoms with Gasteiger partial charge in [0, 0.05) is 22.0 Å². The lowest BCUT2D eigenvalue weighted by molar-refractivity contribution is -0.0637. The van der Waals surface area contributed by atoms with Crippen LogP contribution >= 0.6 is 44.3 Å². The zero-order valence-electron chi connectivity index (χ0n) is 15.1. The van der Waals surface area contributed by atoms with Gasteiger partial charge in [-0.15, -0.1) is 12.4 Å². The van der Waals surface area contributed by atoms with Gasteiger partial charge >= 0.3 is 0 Å². The molecule has 0 saturated carbocycles. The summed E-state index contributed by atoms with van der Waals surface area (Å²) >= 11 is 7.13. The summed E-state index contributed by atoms with van der Waals surface area (Å²) in [4.78, 5) is 2.54. The molecule has 2 aromatic carbocycles. The number of aryl methyl sites for hydroxylation is 1. The standard InChI is InChI=1S/C21H23Br2NO2.ClH/c22-17-11-15(12-18(23)13-17)14-26-20-6-5-16-3-1-2-4-19(16)21(20)24-7-9-25-10-8-24;/h1-4,11-13,20-21H,5-10,14H2;1H/t20-,21+;/m0./s1. The van der Waals surface area contributed by atoms with E-state index in [1.807, 2.05) is 0 Å². The van der Waals surface area contributed by atoms with Gasteiger partial charge in [0.25, 0.3) is 0 Å². The summed E-state index contributed by atoms with van der Waals surface area (Å²) in [5.74, 6) is 0. The van der Waals surface area contributed by atoms with Gasteiger partial charge in [0.2, 0.25) is 0 Å². The molecule has 4 rings (SSSR count). The van der Waals surface area contributed by atoms with Crippen molar-refractivity contribution in [3.8, 4) is 0 Å². The van der Waals surface area contributed by atoms with Crippen LogP contribution in [0.15, 0.2) is 51.4 Å². The van der Waals surface area contributed by atoms with E-state index in [1.54, 1.807) is 0 Å². The Labute approximate surface area is 184 Å². The fourth-order valence-corrected chi connectivity index (χ4v) is 5.45. The number of hydrogen-bond donors (Lipinski definition) is 0. The number of nitrogens with zero attached hydrogens (tertiary/aromatic N) is 1. The fraction of sp³-hybridized carbons (Fsp3) is 0.429. The van der Waals surface area contributed by atoms with Crippen molar-refractivity contribution < 1.29 is 9.47 Å². The van der Waals surface area contributed by atoms with E-state index >= 15 is 0 Å². The van der Waals surface area contributed by atoms with Crippen molar-refractivity contribution in [1.82, 2.24) is 4.90 Å². The third-order valence-electron chi connectivity index (χ3n) is 5.25. The van der Waals surface area contributed by atoms with E-state index in [4.69, 9.17) is 9.47 Å². The minimum Gasteiger partial charge on any atom is -0.379 e. The van der Waals surface area contributed by atoms with Crippen LogP contribution in [0.5, 0.6) is 0 Å². The van der Waals surface area contributed by atoms with Crippen LogP contribution in [0.4, 0.5) is 0 Å². The summed E-state index contributed by atoms with van der Waals surface area (Å²) < 4.78 is 14.2. The lowest BCUT2D eigenvalue weighted by atomic mass is 9.84. The van der Waals surface area contributed by atoms with Crippen molar-refractivity contribution in [2.45, 2.75) is 31.6 Å². The molecule has 1 aliphatic heterocycles. The van der Waals surface area contributed by atoms with E-state index in [1.165, 1.54) is 16.7 Å². The van der Waals surface area contributed by atoms with Crippen LogP contribution in [0.25, 0.3) is 0 Å². The average molecular weight is 518 g/mol. The molecule has 3 nitrogen and oxygen atoms in total. The first-order chi connectivity index (χ1) is 12.7. The first-order valence-corrected chi connectivity index (χ1v) is 10.8. The Balaban J connectivity index is 0.00000210. The molecular weight excluding hydrogens is 493 g/mol. The maximum atomic E-state index is 6.48. The molecular formula is C21H24Br2ClNO2. The zero-order valence-corrected chi connectivity index (χ0v) is 19.1. The highest BCUT2D eigenvalue weighted by Crippen LogP contribution is 2.37. The van der Waals surface area contributed by atoms with Crippen LogP contribution in [-0.2, 0) is 22.5 Å². The maximum absolute atomic E-state index is 6.48. The van der Waals surface area contributed by atoms with Crippen molar-refractivity contribution in [2.75, 3.05) is 26.3 Å². The topological polar surface area (TPSA) is 21.7 Å². The molecule has 2 aliphatic rings. The number of fused-ring (bicyclic) bond motifs is 1. The Morgan fingerprint density at radius 2 is 1.74 bits per heavy atom. The van der Waals surface area contributed by atoms with Crippen molar-refractivity contribution >= 4 is 44.3 Å². The first kappa shape index (κ1) is 21.3. The van der Waals surface area contributed by atoms with Crippen LogP contribution in [-0.4, -0.2) is 37.3 Å². The summed E-state index contributed by atoms with van der Waals surface area (Å²) in [5, 5.41) is 0. The second kappa shape index (κ2) is 9.86. The highest BCUT2D eigenvalue weighted by molar-refractivity contribution is 9.11. The second-order valence-corrected chi connectivity index (χ2v) is 8.79. The van der Waals surface area contributed by atoms with Gasteiger partial charge in [0.1, 0.15) is 0 Å². The molecule has 0 unspecified atom stereocenters. The Morgan fingerprint density at radius 3 is 2.48 bits per heavy atom. The lowest BCUT2D eigenvalue weighted by Crippen LogP contribution is -2.46. The van der Waals surface area contributed by atoms with E-state index in [9.17, 15) is 0 Å². The number of morpholine rings is 1. The number of ether oxygens (including phenoxy) is 2. The Kier molecular flexibility index (Phi) is 7.77. The zero-order chi connectivity index (χ0) is 17.9. The van der Waals surface area contributed by atoms with Crippen molar-refractivity contribution in [3.63, 3.8) is 0 Å². The summed E-state index contributed by atoms with van der Waals surface area (Å²) in [6.07, 6.45) is 2.36. The monoisotopic (exact) mass is 515 g/mol. The molecule has 2 aromatic rings. The number of benzene rings is 2. The molecule has 0 aromatic heterocycles. The van der Waals surface area contributed by atoms with E-state index in [2.05, 4.69) is 79.2 Å². The van der Waals surface area contributed by atoms with Gasteiger partial charge in [-0.1, -0.05) is 56.1 Å². The quantitative estimate of drug-likeness (QED) is 0.532. The van der Waals surface area contributed by atoms with Crippen molar-refractivity contribution in [2.24, 2.45) is 0 Å². The molecule has 1 aliphatic carbocycles. The van der Waals surface area contributed by atoms with Crippen molar-refractivity contribution in [3.05, 3.63) is 68.1 Å². The summed E-state index contributed by atoms with van der Waals surface area (Å²) in [5.41, 5.74) is 4.08. The number of rotatable bonds is 4. The third kappa shape index (κ3) is 5.14. The summed E-state index contributed by atoms with van der Waals surface area (Å²) in [6.45, 7) is 4.20. The van der Waals surface area contributed by atoms with Crippen LogP contribution in [0.3, 0.4) is 0 Å². The molecule has 0 spiro atoms. The van der Waals surface area contributed by atoms with Crippen LogP contribution in [0.1, 0.15) is 29.2 Å². The first-order valence-electron chi connectivity index (χ1n) is 9.17. The SMILES string of the molecule is Brc1cc(Br)cc(CO[C@H]2CCc3ccccc3[C@H]2N2CCOCC2)c1.Cl. The normalized spacial score (nSPS) is 22.7. The second-order valence-electron chi connectivity index (χ2n) is 6.96. The molecule has 1 saturated heterocycles. The van der Waals surface area contributed by atoms with E-state index in [0.29, 0.717) is 12.6 Å². The molecule has 146 valence electrons. The molecule has 0 amide bonds. The molecule has 0 bridgehead atoms. The summed E-state index contributed by atoms with van der Waals surface area (Å²) in [7, 11) is 0. The van der Waals surface area contributed by atoms with Crippen molar-refractivity contribution in [1.29, 1.82) is 0 Å². The highest BCUT2D eigenvalue weighted by Gasteiger charge is 2.35. The highest BCUT2D eigenvalue weighted by atomic mass is 79.9. The average Bonchev–Trinajstić information content (AvgIpc) is 2.66. The van der Waals surface area contributed by atoms with Gasteiger partial charge in [0.05, 0.1) is 32.0 Å². The van der Waals surface area contributed by atoms with E-state index in [0.717, 1.165) is 48.1 Å². The Hall–Kier alpha value is -0.430. The van der Waals surface area contributed by atoms with Gasteiger partial charge in [0.15, 0.2) is 0 Å². The molecule has 1 fully saturated rings. The lowest BCUT2D eigenvalue weighted by Gasteiger charge is -2.42. The Bertz CT molecular complexity index is 747. The molecule has 2 atom stereocenters. The van der Waals surface area contributed by atoms with E-state index < -0.39 is 0 Å². The van der Waals surface area contributed by atoms with Gasteiger partial charge in [-0.05, 0) is 47.7 Å². The molecule has 0 N–H and O–H groups in total. The van der Waals surface area contributed by atoms with Crippen LogP contribution in [0.2, 0.25) is 0 Å².